The third kappa shape index (κ3) is 6.82. The van der Waals surface area contributed by atoms with E-state index in [1.165, 1.54) is 11.1 Å². The van der Waals surface area contributed by atoms with Gasteiger partial charge in [0.25, 0.3) is 0 Å². The summed E-state index contributed by atoms with van der Waals surface area (Å²) in [7, 11) is 0. The zero-order chi connectivity index (χ0) is 20.2. The van der Waals surface area contributed by atoms with E-state index in [2.05, 4.69) is 79.1 Å². The Bertz CT molecular complexity index is 700. The molecule has 3 nitrogen and oxygen atoms in total. The van der Waals surface area contributed by atoms with Gasteiger partial charge in [0.2, 0.25) is 0 Å². The molecule has 148 valence electrons. The summed E-state index contributed by atoms with van der Waals surface area (Å²) in [6.45, 7) is 10.3. The fourth-order valence-electron chi connectivity index (χ4n) is 3.34. The van der Waals surface area contributed by atoms with Gasteiger partial charge in [-0.25, -0.2) is 4.79 Å². The lowest BCUT2D eigenvalue weighted by atomic mass is 9.86. The highest BCUT2D eigenvalue weighted by Crippen LogP contribution is 2.30. The molecule has 0 aliphatic carbocycles. The number of esters is 1. The van der Waals surface area contributed by atoms with Gasteiger partial charge >= 0.3 is 5.97 Å². The molecule has 2 aromatic carbocycles. The second-order valence-electron chi connectivity index (χ2n) is 6.88. The summed E-state index contributed by atoms with van der Waals surface area (Å²) in [4.78, 5) is 11.8. The molecule has 1 atom stereocenters. The largest absolute Gasteiger partial charge is 0.463 e. The number of hydrogen-bond donors (Lipinski definition) is 1. The van der Waals surface area contributed by atoms with E-state index in [-0.39, 0.29) is 12.0 Å². The quantitative estimate of drug-likeness (QED) is 0.312. The highest BCUT2D eigenvalue weighted by atomic mass is 16.5. The molecule has 0 unspecified atom stereocenters. The van der Waals surface area contributed by atoms with E-state index in [0.717, 1.165) is 19.3 Å². The molecule has 1 N–H and O–H groups in total. The van der Waals surface area contributed by atoms with Crippen molar-refractivity contribution in [3.05, 3.63) is 96.6 Å². The molecule has 0 bridgehead atoms. The van der Waals surface area contributed by atoms with Crippen LogP contribution in [0.5, 0.6) is 0 Å². The van der Waals surface area contributed by atoms with Crippen LogP contribution in [0, 0.1) is 0 Å². The lowest BCUT2D eigenvalue weighted by Crippen LogP contribution is -2.32. The second kappa shape index (κ2) is 11.9. The number of benzene rings is 2. The van der Waals surface area contributed by atoms with Crippen LogP contribution in [0.2, 0.25) is 0 Å². The van der Waals surface area contributed by atoms with Crippen LogP contribution in [-0.4, -0.2) is 25.2 Å². The van der Waals surface area contributed by atoms with Crippen molar-refractivity contribution in [1.29, 1.82) is 0 Å². The topological polar surface area (TPSA) is 38.3 Å². The normalized spacial score (nSPS) is 11.8. The van der Waals surface area contributed by atoms with Crippen molar-refractivity contribution >= 4 is 5.97 Å². The molecule has 2 rings (SSSR count). The Morgan fingerprint density at radius 3 is 2.11 bits per heavy atom. The number of carbonyl (C=O) groups is 1. The average Bonchev–Trinajstić information content (AvgIpc) is 2.73. The molecular weight excluding hydrogens is 346 g/mol. The maximum absolute atomic E-state index is 11.8. The predicted octanol–water partition coefficient (Wildman–Crippen LogP) is 5.25. The summed E-state index contributed by atoms with van der Waals surface area (Å²) in [5, 5.41) is 3.45. The third-order valence-corrected chi connectivity index (χ3v) is 4.83. The molecule has 28 heavy (non-hydrogen) atoms. The van der Waals surface area contributed by atoms with Gasteiger partial charge in [0.1, 0.15) is 0 Å². The smallest absolute Gasteiger partial charge is 0.334 e. The van der Waals surface area contributed by atoms with Gasteiger partial charge in [0.15, 0.2) is 0 Å². The molecule has 0 aromatic heterocycles. The van der Waals surface area contributed by atoms with Gasteiger partial charge in [-0.15, -0.1) is 6.58 Å². The van der Waals surface area contributed by atoms with E-state index in [4.69, 9.17) is 4.74 Å². The zero-order valence-corrected chi connectivity index (χ0v) is 16.8. The molecule has 0 saturated carbocycles. The van der Waals surface area contributed by atoms with E-state index >= 15 is 0 Å². The molecule has 3 heteroatoms. The average molecular weight is 378 g/mol. The van der Waals surface area contributed by atoms with Crippen molar-refractivity contribution in [3.63, 3.8) is 0 Å². The van der Waals surface area contributed by atoms with Gasteiger partial charge in [-0.1, -0.05) is 73.3 Å². The first-order chi connectivity index (χ1) is 13.7. The van der Waals surface area contributed by atoms with Gasteiger partial charge in [-0.3, -0.25) is 0 Å². The SMILES string of the molecule is C=CC[C@@H](CCC(c1ccccc1)c1ccccc1)NCC(=C)C(=O)OCC. The second-order valence-corrected chi connectivity index (χ2v) is 6.88. The monoisotopic (exact) mass is 377 g/mol. The molecule has 0 aliphatic heterocycles. The molecule has 0 fully saturated rings. The van der Waals surface area contributed by atoms with E-state index < -0.39 is 0 Å². The molecule has 0 heterocycles. The summed E-state index contributed by atoms with van der Waals surface area (Å²) in [6.07, 6.45) is 4.74. The Morgan fingerprint density at radius 1 is 1.04 bits per heavy atom. The lowest BCUT2D eigenvalue weighted by molar-refractivity contribution is -0.138. The molecule has 0 amide bonds. The first-order valence-electron chi connectivity index (χ1n) is 9.94. The summed E-state index contributed by atoms with van der Waals surface area (Å²) in [6, 6.07) is 21.5. The highest BCUT2D eigenvalue weighted by molar-refractivity contribution is 5.88. The van der Waals surface area contributed by atoms with Gasteiger partial charge in [0, 0.05) is 24.1 Å². The number of nitrogens with one attached hydrogen (secondary N) is 1. The van der Waals surface area contributed by atoms with E-state index in [1.54, 1.807) is 6.92 Å². The summed E-state index contributed by atoms with van der Waals surface area (Å²) in [5.74, 6) is 0.00331. The van der Waals surface area contributed by atoms with Crippen molar-refractivity contribution in [1.82, 2.24) is 5.32 Å². The van der Waals surface area contributed by atoms with E-state index in [9.17, 15) is 4.79 Å². The summed E-state index contributed by atoms with van der Waals surface area (Å²) >= 11 is 0. The van der Waals surface area contributed by atoms with Gasteiger partial charge in [-0.05, 0) is 37.3 Å². The Kier molecular flexibility index (Phi) is 9.23. The maximum atomic E-state index is 11.8. The van der Waals surface area contributed by atoms with Crippen molar-refractivity contribution in [3.8, 4) is 0 Å². The minimum atomic E-state index is -0.334. The Labute approximate surface area is 169 Å². The molecule has 0 spiro atoms. The van der Waals surface area contributed by atoms with Crippen molar-refractivity contribution in [2.45, 2.75) is 38.1 Å². The molecule has 0 aliphatic rings. The Morgan fingerprint density at radius 2 is 1.61 bits per heavy atom. The number of rotatable bonds is 12. The van der Waals surface area contributed by atoms with Crippen LogP contribution < -0.4 is 5.32 Å². The summed E-state index contributed by atoms with van der Waals surface area (Å²) < 4.78 is 5.01. The first-order valence-corrected chi connectivity index (χ1v) is 9.94. The van der Waals surface area contributed by atoms with Crippen molar-refractivity contribution in [2.75, 3.05) is 13.2 Å². The maximum Gasteiger partial charge on any atom is 0.334 e. The Hall–Kier alpha value is -2.65. The highest BCUT2D eigenvalue weighted by Gasteiger charge is 2.17. The molecular formula is C25H31NO2. The minimum absolute atomic E-state index is 0.235. The first kappa shape index (κ1) is 21.6. The minimum Gasteiger partial charge on any atom is -0.463 e. The van der Waals surface area contributed by atoms with Crippen molar-refractivity contribution < 1.29 is 9.53 Å². The van der Waals surface area contributed by atoms with Crippen LogP contribution in [0.1, 0.15) is 43.2 Å². The van der Waals surface area contributed by atoms with Crippen LogP contribution in [0.4, 0.5) is 0 Å². The van der Waals surface area contributed by atoms with Gasteiger partial charge in [0.05, 0.1) is 6.61 Å². The molecule has 0 saturated heterocycles. The van der Waals surface area contributed by atoms with Gasteiger partial charge in [-0.2, -0.15) is 0 Å². The van der Waals surface area contributed by atoms with Crippen LogP contribution >= 0.6 is 0 Å². The molecule has 2 aromatic rings. The molecule has 0 radical (unpaired) electrons. The van der Waals surface area contributed by atoms with Crippen molar-refractivity contribution in [2.24, 2.45) is 0 Å². The Balaban J connectivity index is 2.03. The third-order valence-electron chi connectivity index (χ3n) is 4.83. The fraction of sp³-hybridized carbons (Fsp3) is 0.320. The van der Waals surface area contributed by atoms with E-state index in [1.807, 2.05) is 6.08 Å². The van der Waals surface area contributed by atoms with Crippen LogP contribution in [0.15, 0.2) is 85.5 Å². The zero-order valence-electron chi connectivity index (χ0n) is 16.8. The van der Waals surface area contributed by atoms with E-state index in [0.29, 0.717) is 24.6 Å². The van der Waals surface area contributed by atoms with Crippen LogP contribution in [0.3, 0.4) is 0 Å². The predicted molar refractivity (Wildman–Crippen MR) is 116 cm³/mol. The number of carbonyl (C=O) groups excluding carboxylic acids is 1. The standard InChI is InChI=1S/C25H31NO2/c1-4-12-23(26-19-20(3)25(27)28-5-2)17-18-24(21-13-8-6-9-14-21)22-15-10-7-11-16-22/h4,6-11,13-16,23-24,26H,1,3,5,12,17-19H2,2H3/t23-/m0/s1. The number of hydrogen-bond acceptors (Lipinski definition) is 3. The van der Waals surface area contributed by atoms with Crippen LogP contribution in [0.25, 0.3) is 0 Å². The lowest BCUT2D eigenvalue weighted by Gasteiger charge is -2.23. The summed E-state index contributed by atoms with van der Waals surface area (Å²) in [5.41, 5.74) is 3.10. The van der Waals surface area contributed by atoms with Crippen LogP contribution in [-0.2, 0) is 9.53 Å². The fourth-order valence-corrected chi connectivity index (χ4v) is 3.34. The van der Waals surface area contributed by atoms with Gasteiger partial charge < -0.3 is 10.1 Å². The number of ether oxygens (including phenoxy) is 1.